The van der Waals surface area contributed by atoms with Crippen LogP contribution in [0.25, 0.3) is 0 Å². The fourth-order valence-corrected chi connectivity index (χ4v) is 5.72. The molecular formula is C17H21N3O3S. The number of benzene rings is 1. The van der Waals surface area contributed by atoms with E-state index in [1.165, 1.54) is 10.9 Å². The third-order valence-electron chi connectivity index (χ3n) is 5.23. The monoisotopic (exact) mass is 347 g/mol. The average Bonchev–Trinajstić information content (AvgIpc) is 3.02. The number of rotatable bonds is 3. The lowest BCUT2D eigenvalue weighted by atomic mass is 9.65. The Morgan fingerprint density at radius 1 is 1.21 bits per heavy atom. The smallest absolute Gasteiger partial charge is 0.246 e. The molecule has 3 heterocycles. The maximum Gasteiger partial charge on any atom is 0.246 e. The van der Waals surface area contributed by atoms with E-state index >= 15 is 0 Å². The van der Waals surface area contributed by atoms with E-state index in [0.717, 1.165) is 18.4 Å². The van der Waals surface area contributed by atoms with E-state index < -0.39 is 10.0 Å². The largest absolute Gasteiger partial charge is 0.381 e. The van der Waals surface area contributed by atoms with E-state index in [1.54, 1.807) is 17.5 Å². The molecule has 2 saturated heterocycles. The summed E-state index contributed by atoms with van der Waals surface area (Å²) in [6, 6.07) is 9.80. The Hall–Kier alpha value is -1.70. The van der Waals surface area contributed by atoms with Crippen LogP contribution in [0.2, 0.25) is 0 Å². The Balaban J connectivity index is 1.73. The van der Waals surface area contributed by atoms with E-state index in [0.29, 0.717) is 19.8 Å². The molecule has 0 aliphatic carbocycles. The molecule has 2 aliphatic rings. The number of hydrogen-bond acceptors (Lipinski definition) is 4. The number of hydrogen-bond donors (Lipinski definition) is 0. The molecule has 1 aromatic heterocycles. The van der Waals surface area contributed by atoms with Gasteiger partial charge in [0.2, 0.25) is 10.0 Å². The molecule has 24 heavy (non-hydrogen) atoms. The fourth-order valence-electron chi connectivity index (χ4n) is 3.94. The lowest BCUT2D eigenvalue weighted by molar-refractivity contribution is -0.0952. The first-order chi connectivity index (χ1) is 11.5. The van der Waals surface area contributed by atoms with Crippen LogP contribution in [0.4, 0.5) is 0 Å². The Kier molecular flexibility index (Phi) is 3.74. The van der Waals surface area contributed by atoms with Gasteiger partial charge in [-0.2, -0.15) is 9.40 Å². The van der Waals surface area contributed by atoms with E-state index in [2.05, 4.69) is 5.10 Å². The van der Waals surface area contributed by atoms with Gasteiger partial charge in [0, 0.05) is 38.4 Å². The van der Waals surface area contributed by atoms with Crippen LogP contribution in [0.3, 0.4) is 0 Å². The van der Waals surface area contributed by atoms with Gasteiger partial charge in [0.15, 0.2) is 0 Å². The van der Waals surface area contributed by atoms with Crippen molar-refractivity contribution >= 4 is 10.0 Å². The maximum absolute atomic E-state index is 13.1. The van der Waals surface area contributed by atoms with Crippen LogP contribution in [-0.2, 0) is 21.8 Å². The zero-order valence-corrected chi connectivity index (χ0v) is 14.4. The summed E-state index contributed by atoms with van der Waals surface area (Å²) in [7, 11) is -1.82. The highest BCUT2D eigenvalue weighted by atomic mass is 32.2. The Bertz CT molecular complexity index is 826. The molecular weight excluding hydrogens is 326 g/mol. The molecule has 4 rings (SSSR count). The molecule has 0 amide bonds. The molecule has 2 fully saturated rings. The Morgan fingerprint density at radius 3 is 2.54 bits per heavy atom. The van der Waals surface area contributed by atoms with Crippen molar-refractivity contribution in [2.75, 3.05) is 19.8 Å². The number of aromatic nitrogens is 2. The molecule has 1 spiro atoms. The van der Waals surface area contributed by atoms with Crippen LogP contribution in [0.1, 0.15) is 24.4 Å². The van der Waals surface area contributed by atoms with Crippen molar-refractivity contribution in [2.24, 2.45) is 12.5 Å². The van der Waals surface area contributed by atoms with E-state index in [9.17, 15) is 8.42 Å². The molecule has 0 saturated carbocycles. The van der Waals surface area contributed by atoms with Crippen molar-refractivity contribution in [1.82, 2.24) is 14.1 Å². The van der Waals surface area contributed by atoms with Crippen LogP contribution in [-0.4, -0.2) is 42.3 Å². The number of sulfonamides is 1. The lowest BCUT2D eigenvalue weighted by Crippen LogP contribution is -2.62. The summed E-state index contributed by atoms with van der Waals surface area (Å²) in [6.07, 6.45) is 4.77. The second-order valence-corrected chi connectivity index (χ2v) is 8.58. The van der Waals surface area contributed by atoms with Crippen molar-refractivity contribution in [1.29, 1.82) is 0 Å². The Labute approximate surface area is 142 Å². The van der Waals surface area contributed by atoms with Gasteiger partial charge in [0.25, 0.3) is 0 Å². The van der Waals surface area contributed by atoms with Gasteiger partial charge in [-0.1, -0.05) is 30.3 Å². The van der Waals surface area contributed by atoms with Gasteiger partial charge < -0.3 is 4.74 Å². The molecule has 1 aromatic carbocycles. The topological polar surface area (TPSA) is 64.4 Å². The highest BCUT2D eigenvalue weighted by Crippen LogP contribution is 2.56. The zero-order chi connectivity index (χ0) is 16.8. The molecule has 0 unspecified atom stereocenters. The van der Waals surface area contributed by atoms with Crippen LogP contribution >= 0.6 is 0 Å². The molecule has 0 N–H and O–H groups in total. The average molecular weight is 347 g/mol. The predicted octanol–water partition coefficient (Wildman–Crippen LogP) is 1.96. The summed E-state index contributed by atoms with van der Waals surface area (Å²) in [6.45, 7) is 1.95. The minimum absolute atomic E-state index is 0.0190. The Morgan fingerprint density at radius 2 is 1.92 bits per heavy atom. The molecule has 2 aromatic rings. The third kappa shape index (κ3) is 2.39. The van der Waals surface area contributed by atoms with Crippen molar-refractivity contribution in [3.63, 3.8) is 0 Å². The summed E-state index contributed by atoms with van der Waals surface area (Å²) >= 11 is 0. The van der Waals surface area contributed by atoms with Crippen molar-refractivity contribution in [3.05, 3.63) is 48.3 Å². The number of ether oxygens (including phenoxy) is 1. The highest BCUT2D eigenvalue weighted by Gasteiger charge is 2.57. The summed E-state index contributed by atoms with van der Waals surface area (Å²) in [4.78, 5) is 0.257. The molecule has 1 atom stereocenters. The van der Waals surface area contributed by atoms with Crippen LogP contribution < -0.4 is 0 Å². The third-order valence-corrected chi connectivity index (χ3v) is 6.99. The van der Waals surface area contributed by atoms with Gasteiger partial charge in [-0.3, -0.25) is 4.68 Å². The molecule has 0 radical (unpaired) electrons. The summed E-state index contributed by atoms with van der Waals surface area (Å²) in [5.74, 6) is 0. The van der Waals surface area contributed by atoms with Crippen LogP contribution in [0.15, 0.2) is 47.6 Å². The highest BCUT2D eigenvalue weighted by molar-refractivity contribution is 7.89. The lowest BCUT2D eigenvalue weighted by Gasteiger charge is -2.58. The van der Waals surface area contributed by atoms with Crippen molar-refractivity contribution < 1.29 is 13.2 Å². The van der Waals surface area contributed by atoms with Crippen LogP contribution in [0, 0.1) is 5.41 Å². The molecule has 2 aliphatic heterocycles. The molecule has 0 bridgehead atoms. The van der Waals surface area contributed by atoms with Gasteiger partial charge in [0.1, 0.15) is 4.90 Å². The van der Waals surface area contributed by atoms with E-state index in [4.69, 9.17) is 4.74 Å². The van der Waals surface area contributed by atoms with Crippen molar-refractivity contribution in [2.45, 2.75) is 23.8 Å². The summed E-state index contributed by atoms with van der Waals surface area (Å²) in [5.41, 5.74) is 1.03. The number of nitrogens with zero attached hydrogens (tertiary/aromatic N) is 3. The van der Waals surface area contributed by atoms with Crippen LogP contribution in [0.5, 0.6) is 0 Å². The van der Waals surface area contributed by atoms with E-state index in [-0.39, 0.29) is 16.4 Å². The molecule has 6 nitrogen and oxygen atoms in total. The van der Waals surface area contributed by atoms with Gasteiger partial charge in [0.05, 0.1) is 12.2 Å². The summed E-state index contributed by atoms with van der Waals surface area (Å²) < 4.78 is 34.8. The van der Waals surface area contributed by atoms with E-state index in [1.807, 2.05) is 30.3 Å². The minimum atomic E-state index is -3.54. The predicted molar refractivity (Wildman–Crippen MR) is 88.8 cm³/mol. The molecule has 7 heteroatoms. The second-order valence-electron chi connectivity index (χ2n) is 6.69. The van der Waals surface area contributed by atoms with Gasteiger partial charge >= 0.3 is 0 Å². The zero-order valence-electron chi connectivity index (χ0n) is 13.6. The molecule has 128 valence electrons. The first kappa shape index (κ1) is 15.8. The summed E-state index contributed by atoms with van der Waals surface area (Å²) in [5, 5.41) is 4.02. The van der Waals surface area contributed by atoms with Gasteiger partial charge in [-0.15, -0.1) is 0 Å². The van der Waals surface area contributed by atoms with Gasteiger partial charge in [-0.25, -0.2) is 8.42 Å². The first-order valence-electron chi connectivity index (χ1n) is 8.16. The fraction of sp³-hybridized carbons (Fsp3) is 0.471. The van der Waals surface area contributed by atoms with Gasteiger partial charge in [-0.05, 0) is 18.4 Å². The number of aryl methyl sites for hydroxylation is 1. The standard InChI is InChI=1S/C17H21N3O3S/c1-19-12-15(11-18-19)24(21,22)20-13-17(7-9-23-10-8-17)16(20)14-5-3-2-4-6-14/h2-6,11-12,16H,7-10,13H2,1H3/t16-/m0/s1. The quantitative estimate of drug-likeness (QED) is 0.851. The first-order valence-corrected chi connectivity index (χ1v) is 9.60. The van der Waals surface area contributed by atoms with Crippen molar-refractivity contribution in [3.8, 4) is 0 Å². The SMILES string of the molecule is Cn1cc(S(=O)(=O)N2CC3(CCOCC3)[C@@H]2c2ccccc2)cn1. The minimum Gasteiger partial charge on any atom is -0.381 e. The maximum atomic E-state index is 13.1. The normalized spacial score (nSPS) is 24.0. The second kappa shape index (κ2) is 5.68.